The molecular weight excluding hydrogens is 344 g/mol. The quantitative estimate of drug-likeness (QED) is 0.582. The lowest BCUT2D eigenvalue weighted by atomic mass is 10.1. The number of fused-ring (bicyclic) bond motifs is 1. The van der Waals surface area contributed by atoms with E-state index in [1.807, 2.05) is 31.2 Å². The van der Waals surface area contributed by atoms with Crippen molar-refractivity contribution in [3.63, 3.8) is 0 Å². The summed E-state index contributed by atoms with van der Waals surface area (Å²) in [6.07, 6.45) is 0. The van der Waals surface area contributed by atoms with E-state index in [-0.39, 0.29) is 5.91 Å². The Balaban J connectivity index is 1.89. The van der Waals surface area contributed by atoms with E-state index < -0.39 is 11.1 Å². The van der Waals surface area contributed by atoms with Crippen LogP contribution in [-0.2, 0) is 13.1 Å². The molecule has 3 aromatic rings. The van der Waals surface area contributed by atoms with Gasteiger partial charge >= 0.3 is 11.1 Å². The van der Waals surface area contributed by atoms with Crippen molar-refractivity contribution in [2.75, 3.05) is 11.9 Å². The molecule has 0 fully saturated rings. The van der Waals surface area contributed by atoms with Crippen molar-refractivity contribution in [1.29, 1.82) is 0 Å². The Bertz CT molecular complexity index is 1100. The molecule has 7 nitrogen and oxygen atoms in total. The van der Waals surface area contributed by atoms with Crippen molar-refractivity contribution in [3.8, 4) is 0 Å². The topological polar surface area (TPSA) is 96.0 Å². The average Bonchev–Trinajstić information content (AvgIpc) is 2.67. The first kappa shape index (κ1) is 18.6. The molecule has 3 N–H and O–H groups in total. The number of amides is 1. The highest BCUT2D eigenvalue weighted by Crippen LogP contribution is 2.15. The zero-order valence-corrected chi connectivity index (χ0v) is 15.3. The lowest BCUT2D eigenvalue weighted by Crippen LogP contribution is -2.36. The monoisotopic (exact) mass is 366 g/mol. The van der Waals surface area contributed by atoms with Crippen LogP contribution in [0.3, 0.4) is 0 Å². The second-order valence-corrected chi connectivity index (χ2v) is 6.17. The Hall–Kier alpha value is -3.19. The van der Waals surface area contributed by atoms with E-state index >= 15 is 0 Å². The maximum absolute atomic E-state index is 12.6. The number of carbonyl (C=O) groups is 1. The molecule has 3 rings (SSSR count). The van der Waals surface area contributed by atoms with Gasteiger partial charge in [0, 0.05) is 24.3 Å². The van der Waals surface area contributed by atoms with Crippen molar-refractivity contribution in [2.24, 2.45) is 0 Å². The molecule has 7 heteroatoms. The molecule has 1 amide bonds. The Morgan fingerprint density at radius 2 is 1.93 bits per heavy atom. The highest BCUT2D eigenvalue weighted by atomic mass is 16.2. The smallest absolute Gasteiger partial charge is 0.316 e. The number of nitrogens with one attached hydrogen (secondary N) is 3. The van der Waals surface area contributed by atoms with Crippen LogP contribution >= 0.6 is 0 Å². The minimum Gasteiger partial charge on any atom is -0.322 e. The Labute approximate surface area is 156 Å². The van der Waals surface area contributed by atoms with Crippen LogP contribution in [0.15, 0.2) is 52.1 Å². The maximum atomic E-state index is 12.6. The fraction of sp³-hybridized carbons (Fsp3) is 0.250. The summed E-state index contributed by atoms with van der Waals surface area (Å²) in [6.45, 7) is 5.80. The number of aromatic amines is 1. The Kier molecular flexibility index (Phi) is 5.52. The predicted molar refractivity (Wildman–Crippen MR) is 106 cm³/mol. The van der Waals surface area contributed by atoms with Gasteiger partial charge in [-0.3, -0.25) is 14.4 Å². The molecule has 2 aromatic carbocycles. The number of aryl methyl sites for hydroxylation is 1. The van der Waals surface area contributed by atoms with Gasteiger partial charge in [0.2, 0.25) is 0 Å². The third-order valence-corrected chi connectivity index (χ3v) is 4.32. The molecule has 0 unspecified atom stereocenters. The SMILES string of the molecule is CCNCc1cccc(NC(=O)c2ccc3c(c2)[nH]c(=O)c(=O)n3CC)c1. The molecule has 0 atom stereocenters. The van der Waals surface area contributed by atoms with Gasteiger partial charge in [0.25, 0.3) is 5.91 Å². The number of nitrogens with zero attached hydrogens (tertiary/aromatic N) is 1. The molecule has 0 radical (unpaired) electrons. The van der Waals surface area contributed by atoms with Gasteiger partial charge in [0.15, 0.2) is 0 Å². The fourth-order valence-electron chi connectivity index (χ4n) is 2.97. The second kappa shape index (κ2) is 8.01. The van der Waals surface area contributed by atoms with Gasteiger partial charge in [0.05, 0.1) is 11.0 Å². The predicted octanol–water partition coefficient (Wildman–Crippen LogP) is 2.07. The van der Waals surface area contributed by atoms with Crippen molar-refractivity contribution in [1.82, 2.24) is 14.9 Å². The first-order valence-corrected chi connectivity index (χ1v) is 8.91. The van der Waals surface area contributed by atoms with Crippen LogP contribution in [0.4, 0.5) is 5.69 Å². The summed E-state index contributed by atoms with van der Waals surface area (Å²) < 4.78 is 1.39. The highest BCUT2D eigenvalue weighted by molar-refractivity contribution is 6.05. The van der Waals surface area contributed by atoms with E-state index in [9.17, 15) is 14.4 Å². The highest BCUT2D eigenvalue weighted by Gasteiger charge is 2.11. The number of rotatable bonds is 6. The molecule has 0 spiro atoms. The van der Waals surface area contributed by atoms with Gasteiger partial charge in [-0.1, -0.05) is 19.1 Å². The van der Waals surface area contributed by atoms with Gasteiger partial charge in [-0.15, -0.1) is 0 Å². The summed E-state index contributed by atoms with van der Waals surface area (Å²) in [6, 6.07) is 12.5. The van der Waals surface area contributed by atoms with E-state index in [1.54, 1.807) is 25.1 Å². The number of hydrogen-bond donors (Lipinski definition) is 3. The van der Waals surface area contributed by atoms with Crippen molar-refractivity contribution < 1.29 is 4.79 Å². The van der Waals surface area contributed by atoms with E-state index in [2.05, 4.69) is 15.6 Å². The summed E-state index contributed by atoms with van der Waals surface area (Å²) in [5.74, 6) is -0.285. The molecule has 0 saturated carbocycles. The Morgan fingerprint density at radius 3 is 2.67 bits per heavy atom. The zero-order valence-electron chi connectivity index (χ0n) is 15.3. The standard InChI is InChI=1S/C20H22N4O3/c1-3-21-12-13-6-5-7-15(10-13)22-18(25)14-8-9-17-16(11-14)23-19(26)20(27)24(17)4-2/h5-11,21H,3-4,12H2,1-2H3,(H,22,25)(H,23,26). The second-order valence-electron chi connectivity index (χ2n) is 6.17. The number of benzene rings is 2. The minimum absolute atomic E-state index is 0.285. The van der Waals surface area contributed by atoms with Crippen molar-refractivity contribution in [2.45, 2.75) is 26.9 Å². The summed E-state index contributed by atoms with van der Waals surface area (Å²) in [5, 5.41) is 6.11. The molecule has 27 heavy (non-hydrogen) atoms. The van der Waals surface area contributed by atoms with Gasteiger partial charge in [0.1, 0.15) is 0 Å². The van der Waals surface area contributed by atoms with Gasteiger partial charge in [-0.05, 0) is 49.4 Å². The van der Waals surface area contributed by atoms with Crippen LogP contribution in [0, 0.1) is 0 Å². The molecule has 1 aromatic heterocycles. The Morgan fingerprint density at radius 1 is 1.11 bits per heavy atom. The summed E-state index contributed by atoms with van der Waals surface area (Å²) in [4.78, 5) is 38.9. The largest absolute Gasteiger partial charge is 0.322 e. The molecular formula is C20H22N4O3. The molecule has 0 aliphatic carbocycles. The summed E-state index contributed by atoms with van der Waals surface area (Å²) in [5.41, 5.74) is 1.92. The third kappa shape index (κ3) is 3.98. The molecule has 0 aliphatic rings. The van der Waals surface area contributed by atoms with Crippen LogP contribution < -0.4 is 21.8 Å². The fourth-order valence-corrected chi connectivity index (χ4v) is 2.97. The number of hydrogen-bond acceptors (Lipinski definition) is 4. The van der Waals surface area contributed by atoms with Crippen LogP contribution in [0.5, 0.6) is 0 Å². The number of H-pyrrole nitrogens is 1. The van der Waals surface area contributed by atoms with Crippen LogP contribution in [0.1, 0.15) is 29.8 Å². The zero-order chi connectivity index (χ0) is 19.4. The lowest BCUT2D eigenvalue weighted by molar-refractivity contribution is 0.102. The normalized spacial score (nSPS) is 10.9. The molecule has 1 heterocycles. The average molecular weight is 366 g/mol. The molecule has 0 bridgehead atoms. The van der Waals surface area contributed by atoms with Gasteiger partial charge < -0.3 is 20.2 Å². The van der Waals surface area contributed by atoms with E-state index in [0.29, 0.717) is 28.8 Å². The first-order chi connectivity index (χ1) is 13.0. The molecule has 0 saturated heterocycles. The lowest BCUT2D eigenvalue weighted by Gasteiger charge is -2.10. The summed E-state index contributed by atoms with van der Waals surface area (Å²) in [7, 11) is 0. The van der Waals surface area contributed by atoms with Gasteiger partial charge in [-0.2, -0.15) is 0 Å². The third-order valence-electron chi connectivity index (χ3n) is 4.32. The van der Waals surface area contributed by atoms with E-state index in [1.165, 1.54) is 4.57 Å². The van der Waals surface area contributed by atoms with Crippen molar-refractivity contribution >= 4 is 22.6 Å². The van der Waals surface area contributed by atoms with E-state index in [4.69, 9.17) is 0 Å². The minimum atomic E-state index is -0.696. The number of aromatic nitrogens is 2. The first-order valence-electron chi connectivity index (χ1n) is 8.91. The van der Waals surface area contributed by atoms with Crippen molar-refractivity contribution in [3.05, 3.63) is 74.3 Å². The summed E-state index contributed by atoms with van der Waals surface area (Å²) >= 11 is 0. The molecule has 140 valence electrons. The van der Waals surface area contributed by atoms with Crippen LogP contribution in [0.2, 0.25) is 0 Å². The molecule has 0 aliphatic heterocycles. The number of anilines is 1. The van der Waals surface area contributed by atoms with E-state index in [0.717, 1.165) is 18.7 Å². The van der Waals surface area contributed by atoms with Gasteiger partial charge in [-0.25, -0.2) is 0 Å². The van der Waals surface area contributed by atoms with Crippen LogP contribution in [0.25, 0.3) is 11.0 Å². The number of carbonyl (C=O) groups excluding carboxylic acids is 1. The van der Waals surface area contributed by atoms with Crippen LogP contribution in [-0.4, -0.2) is 22.0 Å². The maximum Gasteiger partial charge on any atom is 0.316 e.